The molecule has 0 aromatic rings. The first kappa shape index (κ1) is 12.6. The van der Waals surface area contributed by atoms with Gasteiger partial charge in [0.25, 0.3) is 0 Å². The maximum Gasteiger partial charge on any atom is 0.394 e. The van der Waals surface area contributed by atoms with Gasteiger partial charge in [0, 0.05) is 0 Å². The molecule has 0 bridgehead atoms. The maximum absolute atomic E-state index is 10.3. The van der Waals surface area contributed by atoms with E-state index >= 15 is 0 Å². The van der Waals surface area contributed by atoms with Crippen molar-refractivity contribution in [1.29, 1.82) is 0 Å². The van der Waals surface area contributed by atoms with Gasteiger partial charge in [-0.15, -0.1) is 0 Å². The highest BCUT2D eigenvalue weighted by atomic mass is 32.3. The molecule has 1 aliphatic rings. The Hall–Kier alpha value is -1.36. The van der Waals surface area contributed by atoms with Gasteiger partial charge in [0.05, 0.1) is 11.8 Å². The first-order valence-electron chi connectivity index (χ1n) is 2.95. The molecule has 9 nitrogen and oxygen atoms in total. The van der Waals surface area contributed by atoms with Crippen molar-refractivity contribution in [1.82, 2.24) is 0 Å². The van der Waals surface area contributed by atoms with Crippen LogP contribution in [0.15, 0.2) is 22.0 Å². The lowest BCUT2D eigenvalue weighted by Crippen LogP contribution is -2.21. The first-order chi connectivity index (χ1) is 6.22. The lowest BCUT2D eigenvalue weighted by Gasteiger charge is -1.95. The van der Waals surface area contributed by atoms with E-state index in [-0.39, 0.29) is 11.7 Å². The Morgan fingerprint density at radius 1 is 1.43 bits per heavy atom. The minimum Gasteiger partial charge on any atom is -0.366 e. The lowest BCUT2D eigenvalue weighted by molar-refractivity contribution is -0.114. The van der Waals surface area contributed by atoms with Crippen LogP contribution in [0.1, 0.15) is 0 Å². The second kappa shape index (κ2) is 4.76. The van der Waals surface area contributed by atoms with Crippen LogP contribution in [0, 0.1) is 6.17 Å². The highest BCUT2D eigenvalue weighted by Crippen LogP contribution is 2.14. The number of azo groups is 1. The van der Waals surface area contributed by atoms with Gasteiger partial charge in [-0.25, -0.2) is 0 Å². The average molecular weight is 223 g/mol. The van der Waals surface area contributed by atoms with E-state index < -0.39 is 16.3 Å². The van der Waals surface area contributed by atoms with Gasteiger partial charge in [-0.05, 0) is 0 Å². The first-order valence-corrected chi connectivity index (χ1v) is 4.35. The zero-order valence-electron chi connectivity index (χ0n) is 6.65. The Bertz CT molecular complexity index is 363. The van der Waals surface area contributed by atoms with Gasteiger partial charge in [-0.1, -0.05) is 0 Å². The van der Waals surface area contributed by atoms with Gasteiger partial charge < -0.3 is 5.73 Å². The Balaban J connectivity index is 0.000000292. The Morgan fingerprint density at radius 2 is 1.86 bits per heavy atom. The quantitative estimate of drug-likeness (QED) is 0.399. The normalized spacial score (nSPS) is 15.8. The van der Waals surface area contributed by atoms with E-state index in [1.165, 1.54) is 6.20 Å². The van der Waals surface area contributed by atoms with E-state index in [2.05, 4.69) is 10.2 Å². The van der Waals surface area contributed by atoms with Crippen LogP contribution in [0.5, 0.6) is 0 Å². The summed E-state index contributed by atoms with van der Waals surface area (Å²) in [6.45, 7) is 0. The second-order valence-electron chi connectivity index (χ2n) is 1.96. The molecule has 1 radical (unpaired) electrons. The van der Waals surface area contributed by atoms with Crippen LogP contribution >= 0.6 is 0 Å². The van der Waals surface area contributed by atoms with Crippen LogP contribution in [0.2, 0.25) is 0 Å². The minimum absolute atomic E-state index is 0.0856. The molecule has 1 rings (SSSR count). The topological polar surface area (TPSA) is 168 Å². The number of rotatable bonds is 1. The van der Waals surface area contributed by atoms with Crippen LogP contribution in [-0.2, 0) is 15.2 Å². The number of hydrogen-bond donors (Lipinski definition) is 4. The summed E-state index contributed by atoms with van der Waals surface area (Å²) in [6.07, 6.45) is 1.32. The minimum atomic E-state index is -4.67. The molecule has 0 aromatic heterocycles. The van der Waals surface area contributed by atoms with Gasteiger partial charge in [-0.2, -0.15) is 18.6 Å². The standard InChI is InChI=1S/C4H5N4O.H2O4S/c5-3-2(4(6)9)1-7-8-3;1-5(2,3)4/h1H,5H2,(H2,6,9);(H2,1,2,3,4). The molecule has 79 valence electrons. The number of hydrogen-bond acceptors (Lipinski definition) is 6. The zero-order chi connectivity index (χ0) is 11.4. The van der Waals surface area contributed by atoms with E-state index in [0.29, 0.717) is 0 Å². The van der Waals surface area contributed by atoms with Crippen LogP contribution in [0.3, 0.4) is 0 Å². The number of carbonyl (C=O) groups is 1. The summed E-state index contributed by atoms with van der Waals surface area (Å²) in [5.74, 6) is -0.600. The zero-order valence-corrected chi connectivity index (χ0v) is 7.47. The summed E-state index contributed by atoms with van der Waals surface area (Å²) in [5.41, 5.74) is 10.2. The van der Waals surface area contributed by atoms with E-state index in [9.17, 15) is 4.79 Å². The molecule has 6 N–H and O–H groups in total. The molecule has 0 atom stereocenters. The molecule has 0 unspecified atom stereocenters. The van der Waals surface area contributed by atoms with Gasteiger partial charge in [0.1, 0.15) is 0 Å². The molecular formula is C4H7N4O5S. The SMILES string of the molecule is N[C]1N=NC=C1C(N)=O.O=S(=O)(O)O. The van der Waals surface area contributed by atoms with Crippen molar-refractivity contribution >= 4 is 16.3 Å². The smallest absolute Gasteiger partial charge is 0.366 e. The molecular weight excluding hydrogens is 216 g/mol. The number of amides is 1. The number of carbonyl (C=O) groups excluding carboxylic acids is 1. The number of nitrogens with zero attached hydrogens (tertiary/aromatic N) is 2. The molecule has 0 spiro atoms. The Morgan fingerprint density at radius 3 is 2.00 bits per heavy atom. The van der Waals surface area contributed by atoms with Crippen LogP contribution < -0.4 is 11.5 Å². The fourth-order valence-corrected chi connectivity index (χ4v) is 0.459. The summed E-state index contributed by atoms with van der Waals surface area (Å²) in [6, 6.07) is 0. The summed E-state index contributed by atoms with van der Waals surface area (Å²) < 4.78 is 31.6. The largest absolute Gasteiger partial charge is 0.394 e. The Kier molecular flexibility index (Phi) is 4.30. The number of primary amides is 1. The monoisotopic (exact) mass is 223 g/mol. The molecule has 14 heavy (non-hydrogen) atoms. The van der Waals surface area contributed by atoms with Crippen LogP contribution in [0.4, 0.5) is 0 Å². The van der Waals surface area contributed by atoms with Crippen LogP contribution in [0.25, 0.3) is 0 Å². The van der Waals surface area contributed by atoms with Gasteiger partial charge in [0.2, 0.25) is 12.1 Å². The molecule has 1 aliphatic heterocycles. The fourth-order valence-electron chi connectivity index (χ4n) is 0.459. The van der Waals surface area contributed by atoms with E-state index in [4.69, 9.17) is 29.0 Å². The highest BCUT2D eigenvalue weighted by molar-refractivity contribution is 7.79. The average Bonchev–Trinajstić information content (AvgIpc) is 2.30. The van der Waals surface area contributed by atoms with Crippen molar-refractivity contribution in [3.8, 4) is 0 Å². The molecule has 0 aliphatic carbocycles. The predicted molar refractivity (Wildman–Crippen MR) is 43.7 cm³/mol. The molecule has 10 heteroatoms. The van der Waals surface area contributed by atoms with Gasteiger partial charge >= 0.3 is 10.4 Å². The van der Waals surface area contributed by atoms with E-state index in [0.717, 1.165) is 0 Å². The van der Waals surface area contributed by atoms with Crippen molar-refractivity contribution in [2.24, 2.45) is 21.7 Å². The van der Waals surface area contributed by atoms with E-state index in [1.54, 1.807) is 0 Å². The molecule has 0 aromatic carbocycles. The Labute approximate surface area is 79.1 Å². The summed E-state index contributed by atoms with van der Waals surface area (Å²) in [5, 5.41) is 6.73. The number of nitrogens with two attached hydrogens (primary N) is 2. The van der Waals surface area contributed by atoms with E-state index in [1.807, 2.05) is 0 Å². The fraction of sp³-hybridized carbons (Fsp3) is 0. The molecule has 1 heterocycles. The van der Waals surface area contributed by atoms with Crippen molar-refractivity contribution in [3.63, 3.8) is 0 Å². The third kappa shape index (κ3) is 6.19. The van der Waals surface area contributed by atoms with Crippen molar-refractivity contribution in [2.45, 2.75) is 0 Å². The molecule has 0 saturated carbocycles. The van der Waals surface area contributed by atoms with Crippen LogP contribution in [-0.4, -0.2) is 23.4 Å². The third-order valence-corrected chi connectivity index (χ3v) is 0.894. The summed E-state index contributed by atoms with van der Waals surface area (Å²) in [7, 11) is -4.67. The summed E-state index contributed by atoms with van der Waals surface area (Å²) >= 11 is 0. The summed E-state index contributed by atoms with van der Waals surface area (Å²) in [4.78, 5) is 10.3. The maximum atomic E-state index is 10.3. The van der Waals surface area contributed by atoms with Crippen molar-refractivity contribution in [3.05, 3.63) is 17.9 Å². The molecule has 0 saturated heterocycles. The van der Waals surface area contributed by atoms with Crippen molar-refractivity contribution in [2.75, 3.05) is 0 Å². The third-order valence-electron chi connectivity index (χ3n) is 0.894. The predicted octanol–water partition coefficient (Wildman–Crippen LogP) is -1.38. The highest BCUT2D eigenvalue weighted by Gasteiger charge is 2.18. The molecule has 0 fully saturated rings. The second-order valence-corrected chi connectivity index (χ2v) is 2.85. The van der Waals surface area contributed by atoms with Crippen molar-refractivity contribution < 1.29 is 22.3 Å². The van der Waals surface area contributed by atoms with Gasteiger partial charge in [0.15, 0.2) is 0 Å². The molecule has 1 amide bonds. The van der Waals surface area contributed by atoms with Gasteiger partial charge in [-0.3, -0.25) is 19.6 Å². The lowest BCUT2D eigenvalue weighted by atomic mass is 10.2.